The summed E-state index contributed by atoms with van der Waals surface area (Å²) < 4.78 is 18.9. The zero-order chi connectivity index (χ0) is 14.5. The van der Waals surface area contributed by atoms with Gasteiger partial charge in [-0.3, -0.25) is 4.98 Å². The average molecular weight is 295 g/mol. The van der Waals surface area contributed by atoms with Crippen LogP contribution in [0.5, 0.6) is 5.75 Å². The van der Waals surface area contributed by atoms with E-state index in [0.29, 0.717) is 5.75 Å². The predicted octanol–water partition coefficient (Wildman–Crippen LogP) is 3.73. The molecule has 5 heteroatoms. The highest BCUT2D eigenvalue weighted by molar-refractivity contribution is 6.32. The fourth-order valence-electron chi connectivity index (χ4n) is 1.83. The summed E-state index contributed by atoms with van der Waals surface area (Å²) in [4.78, 5) is 4.27. The molecular formula is C15H16ClFN2O. The molecule has 2 N–H and O–H groups in total. The first-order chi connectivity index (χ1) is 9.61. The SMILES string of the molecule is CCC(N)C(Oc1ccc(F)cc1Cl)c1ccccn1. The van der Waals surface area contributed by atoms with Crippen LogP contribution in [0.15, 0.2) is 42.6 Å². The summed E-state index contributed by atoms with van der Waals surface area (Å²) in [5, 5.41) is 0.217. The minimum absolute atomic E-state index is 0.217. The molecule has 2 atom stereocenters. The Morgan fingerprint density at radius 2 is 2.15 bits per heavy atom. The van der Waals surface area contributed by atoms with E-state index >= 15 is 0 Å². The van der Waals surface area contributed by atoms with E-state index in [1.165, 1.54) is 18.2 Å². The molecule has 0 aliphatic carbocycles. The Morgan fingerprint density at radius 3 is 2.75 bits per heavy atom. The van der Waals surface area contributed by atoms with Crippen molar-refractivity contribution in [2.45, 2.75) is 25.5 Å². The number of ether oxygens (including phenoxy) is 1. The topological polar surface area (TPSA) is 48.1 Å². The second-order valence-corrected chi connectivity index (χ2v) is 4.85. The van der Waals surface area contributed by atoms with Crippen LogP contribution in [-0.2, 0) is 0 Å². The van der Waals surface area contributed by atoms with E-state index in [0.717, 1.165) is 12.1 Å². The molecule has 0 spiro atoms. The second-order valence-electron chi connectivity index (χ2n) is 4.44. The third-order valence-corrected chi connectivity index (χ3v) is 3.28. The predicted molar refractivity (Wildman–Crippen MR) is 77.3 cm³/mol. The van der Waals surface area contributed by atoms with E-state index in [1.807, 2.05) is 25.1 Å². The Balaban J connectivity index is 2.29. The molecule has 0 radical (unpaired) electrons. The number of pyridine rings is 1. The van der Waals surface area contributed by atoms with Crippen LogP contribution in [0, 0.1) is 5.82 Å². The lowest BCUT2D eigenvalue weighted by Gasteiger charge is -2.24. The van der Waals surface area contributed by atoms with Crippen LogP contribution < -0.4 is 10.5 Å². The average Bonchev–Trinajstić information content (AvgIpc) is 2.46. The Kier molecular flexibility index (Phi) is 4.93. The Morgan fingerprint density at radius 1 is 1.35 bits per heavy atom. The highest BCUT2D eigenvalue weighted by atomic mass is 35.5. The number of hydrogen-bond donors (Lipinski definition) is 1. The van der Waals surface area contributed by atoms with Crippen molar-refractivity contribution in [2.24, 2.45) is 5.73 Å². The third kappa shape index (κ3) is 3.46. The number of aromatic nitrogens is 1. The van der Waals surface area contributed by atoms with Gasteiger partial charge in [0.1, 0.15) is 11.6 Å². The van der Waals surface area contributed by atoms with Gasteiger partial charge in [0.2, 0.25) is 0 Å². The molecule has 20 heavy (non-hydrogen) atoms. The van der Waals surface area contributed by atoms with Crippen molar-refractivity contribution in [3.05, 3.63) is 59.1 Å². The van der Waals surface area contributed by atoms with Crippen LogP contribution in [0.3, 0.4) is 0 Å². The van der Waals surface area contributed by atoms with Crippen molar-refractivity contribution in [1.82, 2.24) is 4.98 Å². The van der Waals surface area contributed by atoms with Crippen molar-refractivity contribution in [3.63, 3.8) is 0 Å². The molecule has 1 heterocycles. The van der Waals surface area contributed by atoms with Crippen molar-refractivity contribution >= 4 is 11.6 Å². The minimum atomic E-state index is -0.427. The van der Waals surface area contributed by atoms with Gasteiger partial charge in [0.25, 0.3) is 0 Å². The van der Waals surface area contributed by atoms with Crippen LogP contribution in [0.2, 0.25) is 5.02 Å². The first kappa shape index (κ1) is 14.8. The van der Waals surface area contributed by atoms with E-state index in [9.17, 15) is 4.39 Å². The van der Waals surface area contributed by atoms with Crippen LogP contribution in [0.1, 0.15) is 25.1 Å². The maximum absolute atomic E-state index is 13.1. The van der Waals surface area contributed by atoms with Gasteiger partial charge in [0, 0.05) is 12.2 Å². The standard InChI is InChI=1S/C15H16ClFN2O/c1-2-12(18)15(13-5-3-4-8-19-13)20-14-7-6-10(17)9-11(14)16/h3-9,12,15H,2,18H2,1H3. The second kappa shape index (κ2) is 6.68. The molecule has 1 aromatic heterocycles. The Bertz CT molecular complexity index is 565. The van der Waals surface area contributed by atoms with Gasteiger partial charge >= 0.3 is 0 Å². The molecule has 2 unspecified atom stereocenters. The first-order valence-electron chi connectivity index (χ1n) is 6.40. The summed E-state index contributed by atoms with van der Waals surface area (Å²) in [6.07, 6.45) is 1.98. The van der Waals surface area contributed by atoms with Crippen LogP contribution >= 0.6 is 11.6 Å². The van der Waals surface area contributed by atoms with Crippen molar-refractivity contribution < 1.29 is 9.13 Å². The largest absolute Gasteiger partial charge is 0.481 e. The summed E-state index contributed by atoms with van der Waals surface area (Å²) >= 11 is 5.98. The zero-order valence-corrected chi connectivity index (χ0v) is 11.8. The summed E-state index contributed by atoms with van der Waals surface area (Å²) in [7, 11) is 0. The summed E-state index contributed by atoms with van der Waals surface area (Å²) in [6, 6.07) is 9.31. The minimum Gasteiger partial charge on any atom is -0.481 e. The molecule has 0 bridgehead atoms. The number of nitrogens with zero attached hydrogens (tertiary/aromatic N) is 1. The molecule has 0 saturated carbocycles. The smallest absolute Gasteiger partial charge is 0.156 e. The number of hydrogen-bond acceptors (Lipinski definition) is 3. The molecule has 3 nitrogen and oxygen atoms in total. The lowest BCUT2D eigenvalue weighted by atomic mass is 10.1. The summed E-state index contributed by atoms with van der Waals surface area (Å²) in [5.41, 5.74) is 6.82. The van der Waals surface area contributed by atoms with Gasteiger partial charge < -0.3 is 10.5 Å². The summed E-state index contributed by atoms with van der Waals surface area (Å²) in [6.45, 7) is 1.97. The van der Waals surface area contributed by atoms with Gasteiger partial charge in [-0.05, 0) is 36.8 Å². The molecule has 1 aromatic carbocycles. The molecule has 0 saturated heterocycles. The van der Waals surface area contributed by atoms with Crippen LogP contribution in [0.25, 0.3) is 0 Å². The number of nitrogens with two attached hydrogens (primary N) is 1. The molecule has 0 aliphatic heterocycles. The number of halogens is 2. The maximum Gasteiger partial charge on any atom is 0.156 e. The van der Waals surface area contributed by atoms with E-state index in [-0.39, 0.29) is 11.1 Å². The number of benzene rings is 1. The Hall–Kier alpha value is -1.65. The fourth-order valence-corrected chi connectivity index (χ4v) is 2.04. The van der Waals surface area contributed by atoms with Gasteiger partial charge in [-0.15, -0.1) is 0 Å². The van der Waals surface area contributed by atoms with Gasteiger partial charge in [-0.1, -0.05) is 24.6 Å². The van der Waals surface area contributed by atoms with Gasteiger partial charge in [0.05, 0.1) is 10.7 Å². The summed E-state index contributed by atoms with van der Waals surface area (Å²) in [5.74, 6) is -0.0101. The van der Waals surface area contributed by atoms with E-state index in [4.69, 9.17) is 22.1 Å². The van der Waals surface area contributed by atoms with E-state index in [1.54, 1.807) is 6.20 Å². The lowest BCUT2D eigenvalue weighted by molar-refractivity contribution is 0.166. The highest BCUT2D eigenvalue weighted by Crippen LogP contribution is 2.30. The van der Waals surface area contributed by atoms with E-state index in [2.05, 4.69) is 4.98 Å². The van der Waals surface area contributed by atoms with E-state index < -0.39 is 11.9 Å². The molecule has 0 aliphatic rings. The zero-order valence-electron chi connectivity index (χ0n) is 11.1. The van der Waals surface area contributed by atoms with Gasteiger partial charge in [-0.2, -0.15) is 0 Å². The van der Waals surface area contributed by atoms with Gasteiger partial charge in [-0.25, -0.2) is 4.39 Å². The maximum atomic E-state index is 13.1. The quantitative estimate of drug-likeness (QED) is 0.914. The van der Waals surface area contributed by atoms with Gasteiger partial charge in [0.15, 0.2) is 6.10 Å². The highest BCUT2D eigenvalue weighted by Gasteiger charge is 2.22. The Labute approximate surface area is 122 Å². The third-order valence-electron chi connectivity index (χ3n) is 2.99. The molecular weight excluding hydrogens is 279 g/mol. The van der Waals surface area contributed by atoms with Crippen LogP contribution in [-0.4, -0.2) is 11.0 Å². The normalized spacial score (nSPS) is 13.8. The first-order valence-corrected chi connectivity index (χ1v) is 6.77. The van der Waals surface area contributed by atoms with Crippen molar-refractivity contribution in [3.8, 4) is 5.75 Å². The molecule has 0 amide bonds. The molecule has 0 fully saturated rings. The number of rotatable bonds is 5. The van der Waals surface area contributed by atoms with Crippen molar-refractivity contribution in [1.29, 1.82) is 0 Å². The molecule has 2 rings (SSSR count). The lowest BCUT2D eigenvalue weighted by Crippen LogP contribution is -2.32. The van der Waals surface area contributed by atoms with Crippen molar-refractivity contribution in [2.75, 3.05) is 0 Å². The molecule has 106 valence electrons. The monoisotopic (exact) mass is 294 g/mol. The molecule has 2 aromatic rings. The van der Waals surface area contributed by atoms with Crippen LogP contribution in [0.4, 0.5) is 4.39 Å². The fraction of sp³-hybridized carbons (Fsp3) is 0.267.